The van der Waals surface area contributed by atoms with E-state index in [4.69, 9.17) is 4.74 Å². The van der Waals surface area contributed by atoms with Crippen molar-refractivity contribution in [2.75, 3.05) is 44.3 Å². The Balaban J connectivity index is 1.59. The van der Waals surface area contributed by atoms with Gasteiger partial charge in [0.1, 0.15) is 5.82 Å². The third kappa shape index (κ3) is 5.00. The Hall–Kier alpha value is -2.22. The summed E-state index contributed by atoms with van der Waals surface area (Å²) in [6, 6.07) is 7.58. The second kappa shape index (κ2) is 9.94. The van der Waals surface area contributed by atoms with Gasteiger partial charge in [-0.1, -0.05) is 19.1 Å². The van der Waals surface area contributed by atoms with E-state index in [0.717, 1.165) is 47.8 Å². The molecule has 2 unspecified atom stereocenters. The Kier molecular flexibility index (Phi) is 7.05. The van der Waals surface area contributed by atoms with Crippen LogP contribution >= 0.6 is 11.8 Å². The zero-order chi connectivity index (χ0) is 21.8. The molecule has 6 nitrogen and oxygen atoms in total. The largest absolute Gasteiger partial charge is 0.477 e. The van der Waals surface area contributed by atoms with E-state index in [1.54, 1.807) is 6.07 Å². The molecule has 2 fully saturated rings. The van der Waals surface area contributed by atoms with E-state index < -0.39 is 0 Å². The number of carbonyl (C=O) groups is 1. The van der Waals surface area contributed by atoms with Crippen LogP contribution in [0.15, 0.2) is 24.3 Å². The van der Waals surface area contributed by atoms with Gasteiger partial charge in [-0.3, -0.25) is 5.10 Å². The fraction of sp³-hybridized carbons (Fsp3) is 0.565. The molecule has 3 heterocycles. The van der Waals surface area contributed by atoms with Crippen molar-refractivity contribution in [2.45, 2.75) is 38.5 Å². The Morgan fingerprint density at radius 2 is 1.97 bits per heavy atom. The first kappa shape index (κ1) is 22.0. The van der Waals surface area contributed by atoms with Gasteiger partial charge in [0.15, 0.2) is 0 Å². The second-order valence-corrected chi connectivity index (χ2v) is 9.44. The van der Waals surface area contributed by atoms with E-state index in [-0.39, 0.29) is 23.7 Å². The number of hydrogen-bond acceptors (Lipinski definition) is 4. The molecule has 2 aliphatic heterocycles. The fourth-order valence-electron chi connectivity index (χ4n) is 4.53. The normalized spacial score (nSPS) is 21.9. The summed E-state index contributed by atoms with van der Waals surface area (Å²) in [5, 5.41) is 7.35. The molecule has 0 spiro atoms. The number of benzene rings is 1. The number of aromatic nitrogens is 2. The van der Waals surface area contributed by atoms with Gasteiger partial charge in [-0.25, -0.2) is 9.18 Å². The molecule has 2 amide bonds. The number of piperidine rings is 1. The lowest BCUT2D eigenvalue weighted by Gasteiger charge is -2.41. The minimum absolute atomic E-state index is 0.0705. The lowest BCUT2D eigenvalue weighted by Crippen LogP contribution is -2.51. The minimum atomic E-state index is -0.159. The Labute approximate surface area is 187 Å². The number of carbonyl (C=O) groups excluding carboxylic acids is 1. The number of rotatable bonds is 5. The summed E-state index contributed by atoms with van der Waals surface area (Å²) in [7, 11) is 0. The first-order valence-electron chi connectivity index (χ1n) is 11.2. The molecule has 1 aromatic heterocycles. The van der Waals surface area contributed by atoms with Crippen molar-refractivity contribution in [2.24, 2.45) is 0 Å². The highest BCUT2D eigenvalue weighted by molar-refractivity contribution is 7.99. The summed E-state index contributed by atoms with van der Waals surface area (Å²) in [6.45, 7) is 7.25. The van der Waals surface area contributed by atoms with Gasteiger partial charge in [0, 0.05) is 61.3 Å². The highest BCUT2D eigenvalue weighted by atomic mass is 32.2. The predicted molar refractivity (Wildman–Crippen MR) is 122 cm³/mol. The molecule has 0 saturated carbocycles. The fourth-order valence-corrected chi connectivity index (χ4v) is 5.43. The van der Waals surface area contributed by atoms with E-state index in [1.165, 1.54) is 0 Å². The maximum atomic E-state index is 14.5. The first-order valence-corrected chi connectivity index (χ1v) is 12.3. The smallest absolute Gasteiger partial charge is 0.320 e. The summed E-state index contributed by atoms with van der Waals surface area (Å²) < 4.78 is 20.1. The van der Waals surface area contributed by atoms with Crippen molar-refractivity contribution in [1.82, 2.24) is 20.0 Å². The molecule has 2 aromatic rings. The molecular formula is C23H31FN4O2S. The van der Waals surface area contributed by atoms with Crippen LogP contribution in [0.4, 0.5) is 9.18 Å². The highest BCUT2D eigenvalue weighted by Gasteiger charge is 2.35. The number of ether oxygens (including phenoxy) is 1. The highest BCUT2D eigenvalue weighted by Crippen LogP contribution is 2.37. The van der Waals surface area contributed by atoms with Crippen molar-refractivity contribution in [3.63, 3.8) is 0 Å². The molecular weight excluding hydrogens is 415 g/mol. The van der Waals surface area contributed by atoms with Gasteiger partial charge in [0.05, 0.1) is 6.61 Å². The Morgan fingerprint density at radius 3 is 2.68 bits per heavy atom. The van der Waals surface area contributed by atoms with Crippen molar-refractivity contribution in [1.29, 1.82) is 0 Å². The average Bonchev–Trinajstić information content (AvgIpc) is 3.28. The number of nitrogens with one attached hydrogen (secondary N) is 1. The van der Waals surface area contributed by atoms with Crippen molar-refractivity contribution in [3.8, 4) is 5.88 Å². The minimum Gasteiger partial charge on any atom is -0.477 e. The Morgan fingerprint density at radius 1 is 1.19 bits per heavy atom. The van der Waals surface area contributed by atoms with Gasteiger partial charge in [0.2, 0.25) is 5.88 Å². The number of thioether (sulfide) groups is 1. The second-order valence-electron chi connectivity index (χ2n) is 8.22. The maximum Gasteiger partial charge on any atom is 0.320 e. The van der Waals surface area contributed by atoms with Crippen LogP contribution in [0.1, 0.15) is 48.9 Å². The molecule has 2 saturated heterocycles. The lowest BCUT2D eigenvalue weighted by molar-refractivity contribution is 0.135. The number of H-pyrrole nitrogens is 1. The summed E-state index contributed by atoms with van der Waals surface area (Å²) in [5.74, 6) is 2.54. The summed E-state index contributed by atoms with van der Waals surface area (Å²) in [6.07, 6.45) is 1.50. The van der Waals surface area contributed by atoms with Crippen molar-refractivity contribution in [3.05, 3.63) is 46.9 Å². The number of hydrogen-bond donors (Lipinski definition) is 1. The summed E-state index contributed by atoms with van der Waals surface area (Å²) >= 11 is 1.89. The number of halogens is 1. The van der Waals surface area contributed by atoms with E-state index >= 15 is 0 Å². The molecule has 2 aliphatic rings. The quantitative estimate of drug-likeness (QED) is 0.746. The zero-order valence-corrected chi connectivity index (χ0v) is 19.1. The molecule has 0 aliphatic carbocycles. The summed E-state index contributed by atoms with van der Waals surface area (Å²) in [5.41, 5.74) is 2.64. The molecule has 4 rings (SSSR count). The standard InChI is InChI=1S/C23H31FN4O2S/c1-3-16-5-6-17(12-20(16)24)18-11-19(21-13-22(26-25-21)30-4-2)15-28(14-18)23(29)27-7-9-31-10-8-27/h5-6,12-13,18-19H,3-4,7-11,14-15H2,1-2H3,(H,25,26). The van der Waals surface area contributed by atoms with Crippen molar-refractivity contribution >= 4 is 17.8 Å². The molecule has 168 valence electrons. The van der Waals surface area contributed by atoms with Crippen molar-refractivity contribution < 1.29 is 13.9 Å². The van der Waals surface area contributed by atoms with Crippen LogP contribution in [0.3, 0.4) is 0 Å². The van der Waals surface area contributed by atoms with E-state index in [2.05, 4.69) is 10.2 Å². The summed E-state index contributed by atoms with van der Waals surface area (Å²) in [4.78, 5) is 17.2. The Bertz CT molecular complexity index is 899. The number of aryl methyl sites for hydroxylation is 1. The molecule has 1 N–H and O–H groups in total. The van der Waals surface area contributed by atoms with Crippen LogP contribution in [-0.2, 0) is 6.42 Å². The topological polar surface area (TPSA) is 61.5 Å². The van der Waals surface area contributed by atoms with Gasteiger partial charge < -0.3 is 14.5 Å². The molecule has 0 radical (unpaired) electrons. The van der Waals surface area contributed by atoms with Crippen LogP contribution < -0.4 is 4.74 Å². The number of aromatic amines is 1. The van der Waals surface area contributed by atoms with Gasteiger partial charge in [-0.15, -0.1) is 5.10 Å². The molecule has 0 bridgehead atoms. The van der Waals surface area contributed by atoms with Crippen LogP contribution in [0.5, 0.6) is 5.88 Å². The third-order valence-corrected chi connectivity index (χ3v) is 7.18. The monoisotopic (exact) mass is 446 g/mol. The van der Waals surface area contributed by atoms with Crippen LogP contribution in [0.25, 0.3) is 0 Å². The first-order chi connectivity index (χ1) is 15.1. The van der Waals surface area contributed by atoms with Gasteiger partial charge >= 0.3 is 6.03 Å². The molecule has 2 atom stereocenters. The van der Waals surface area contributed by atoms with E-state index in [9.17, 15) is 9.18 Å². The third-order valence-electron chi connectivity index (χ3n) is 6.24. The lowest BCUT2D eigenvalue weighted by atomic mass is 9.82. The van der Waals surface area contributed by atoms with Gasteiger partial charge in [-0.05, 0) is 37.0 Å². The number of amides is 2. The average molecular weight is 447 g/mol. The van der Waals surface area contributed by atoms with Crippen LogP contribution in [0, 0.1) is 5.82 Å². The number of nitrogens with zero attached hydrogens (tertiary/aromatic N) is 3. The predicted octanol–water partition coefficient (Wildman–Crippen LogP) is 4.25. The molecule has 31 heavy (non-hydrogen) atoms. The number of urea groups is 1. The number of likely N-dealkylation sites (tertiary alicyclic amines) is 1. The van der Waals surface area contributed by atoms with Crippen LogP contribution in [-0.4, -0.2) is 70.3 Å². The van der Waals surface area contributed by atoms with E-state index in [0.29, 0.717) is 32.0 Å². The maximum absolute atomic E-state index is 14.5. The SMILES string of the molecule is CCOc1cc(C2CC(c3ccc(CC)c(F)c3)CN(C(=O)N3CCSCC3)C2)[nH]n1. The van der Waals surface area contributed by atoms with Crippen LogP contribution in [0.2, 0.25) is 0 Å². The van der Waals surface area contributed by atoms with E-state index in [1.807, 2.05) is 53.6 Å². The van der Waals surface area contributed by atoms with Gasteiger partial charge in [-0.2, -0.15) is 11.8 Å². The zero-order valence-electron chi connectivity index (χ0n) is 18.3. The van der Waals surface area contributed by atoms with Gasteiger partial charge in [0.25, 0.3) is 0 Å². The molecule has 8 heteroatoms. The molecule has 1 aromatic carbocycles.